The molecule has 31 heavy (non-hydrogen) atoms. The number of hydrogen-bond donors (Lipinski definition) is 2. The molecule has 0 aliphatic carbocycles. The van der Waals surface area contributed by atoms with Gasteiger partial charge in [-0.1, -0.05) is 48.5 Å². The van der Waals surface area contributed by atoms with Gasteiger partial charge in [0.1, 0.15) is 0 Å². The summed E-state index contributed by atoms with van der Waals surface area (Å²) in [6, 6.07) is 25.3. The molecule has 2 N–H and O–H groups in total. The zero-order valence-electron chi connectivity index (χ0n) is 17.2. The largest absolute Gasteiger partial charge is 0.450 e. The first-order chi connectivity index (χ1) is 15.1. The minimum Gasteiger partial charge on any atom is -0.450 e. The second-order valence-electron chi connectivity index (χ2n) is 6.66. The van der Waals surface area contributed by atoms with Gasteiger partial charge in [0.2, 0.25) is 5.91 Å². The van der Waals surface area contributed by atoms with Gasteiger partial charge in [-0.2, -0.15) is 10.2 Å². The molecule has 1 atom stereocenters. The average Bonchev–Trinajstić information content (AvgIpc) is 2.79. The van der Waals surface area contributed by atoms with Crippen molar-refractivity contribution in [1.82, 2.24) is 5.32 Å². The summed E-state index contributed by atoms with van der Waals surface area (Å²) in [5.41, 5.74) is 2.89. The van der Waals surface area contributed by atoms with Crippen LogP contribution in [-0.2, 0) is 9.53 Å². The molecule has 0 heterocycles. The molecular weight excluding hydrogens is 392 g/mol. The number of nitrogens with one attached hydrogen (secondary N) is 2. The Kier molecular flexibility index (Phi) is 7.88. The lowest BCUT2D eigenvalue weighted by Gasteiger charge is -2.18. The Morgan fingerprint density at radius 1 is 0.839 bits per heavy atom. The van der Waals surface area contributed by atoms with Gasteiger partial charge in [-0.15, -0.1) is 0 Å². The van der Waals surface area contributed by atoms with Gasteiger partial charge in [0.15, 0.2) is 0 Å². The summed E-state index contributed by atoms with van der Waals surface area (Å²) in [5, 5.41) is 13.9. The van der Waals surface area contributed by atoms with E-state index in [2.05, 4.69) is 20.9 Å². The number of azo groups is 1. The maximum atomic E-state index is 12.6. The maximum absolute atomic E-state index is 12.6. The Bertz CT molecular complexity index is 1010. The van der Waals surface area contributed by atoms with Gasteiger partial charge >= 0.3 is 6.09 Å². The van der Waals surface area contributed by atoms with Gasteiger partial charge in [-0.05, 0) is 48.9 Å². The van der Waals surface area contributed by atoms with Crippen LogP contribution in [0.5, 0.6) is 0 Å². The van der Waals surface area contributed by atoms with Crippen molar-refractivity contribution < 1.29 is 14.3 Å². The van der Waals surface area contributed by atoms with Crippen LogP contribution >= 0.6 is 0 Å². The van der Waals surface area contributed by atoms with Crippen LogP contribution in [0.2, 0.25) is 0 Å². The summed E-state index contributed by atoms with van der Waals surface area (Å²) in [6.07, 6.45) is -0.490. The van der Waals surface area contributed by atoms with Crippen LogP contribution in [-0.4, -0.2) is 18.6 Å². The highest BCUT2D eigenvalue weighted by molar-refractivity contribution is 5.91. The van der Waals surface area contributed by atoms with E-state index in [-0.39, 0.29) is 18.9 Å². The normalized spacial score (nSPS) is 11.6. The number of hydrogen-bond acceptors (Lipinski definition) is 5. The fourth-order valence-corrected chi connectivity index (χ4v) is 2.87. The third-order valence-corrected chi connectivity index (χ3v) is 4.35. The minimum absolute atomic E-state index is 0.0678. The molecule has 3 rings (SSSR count). The van der Waals surface area contributed by atoms with Crippen LogP contribution < -0.4 is 10.6 Å². The zero-order valence-corrected chi connectivity index (χ0v) is 17.2. The number of ether oxygens (including phenoxy) is 1. The minimum atomic E-state index is -0.558. The molecule has 3 aromatic rings. The highest BCUT2D eigenvalue weighted by Gasteiger charge is 2.19. The van der Waals surface area contributed by atoms with Gasteiger partial charge in [-0.3, -0.25) is 4.79 Å². The van der Waals surface area contributed by atoms with Gasteiger partial charge < -0.3 is 15.4 Å². The molecule has 7 heteroatoms. The smallest absolute Gasteiger partial charge is 0.407 e. The number of anilines is 1. The molecule has 0 aliphatic rings. The van der Waals surface area contributed by atoms with Crippen molar-refractivity contribution in [2.75, 3.05) is 11.9 Å². The molecule has 0 saturated heterocycles. The van der Waals surface area contributed by atoms with E-state index < -0.39 is 12.1 Å². The number of nitrogens with zero attached hydrogens (tertiary/aromatic N) is 2. The van der Waals surface area contributed by atoms with Gasteiger partial charge in [0.25, 0.3) is 0 Å². The number of benzene rings is 3. The summed E-state index contributed by atoms with van der Waals surface area (Å²) in [6.45, 7) is 1.99. The highest BCUT2D eigenvalue weighted by atomic mass is 16.5. The van der Waals surface area contributed by atoms with Crippen molar-refractivity contribution in [3.05, 3.63) is 90.5 Å². The predicted octanol–water partition coefficient (Wildman–Crippen LogP) is 5.92. The maximum Gasteiger partial charge on any atom is 0.407 e. The summed E-state index contributed by atoms with van der Waals surface area (Å²) < 4.78 is 4.96. The third-order valence-electron chi connectivity index (χ3n) is 4.35. The molecule has 3 aromatic carbocycles. The number of rotatable bonds is 8. The topological polar surface area (TPSA) is 92.1 Å². The molecule has 0 fully saturated rings. The monoisotopic (exact) mass is 416 g/mol. The van der Waals surface area contributed by atoms with Crippen LogP contribution in [0.25, 0.3) is 0 Å². The van der Waals surface area contributed by atoms with Gasteiger partial charge in [-0.25, -0.2) is 4.79 Å². The lowest BCUT2D eigenvalue weighted by molar-refractivity contribution is -0.116. The molecule has 0 radical (unpaired) electrons. The predicted molar refractivity (Wildman–Crippen MR) is 120 cm³/mol. The first-order valence-electron chi connectivity index (χ1n) is 9.99. The van der Waals surface area contributed by atoms with E-state index in [0.717, 1.165) is 11.3 Å². The van der Waals surface area contributed by atoms with E-state index in [9.17, 15) is 9.59 Å². The Morgan fingerprint density at radius 2 is 1.42 bits per heavy atom. The molecule has 0 saturated carbocycles. The van der Waals surface area contributed by atoms with E-state index in [1.807, 2.05) is 60.7 Å². The van der Waals surface area contributed by atoms with Gasteiger partial charge in [0, 0.05) is 5.69 Å². The van der Waals surface area contributed by atoms with Crippen molar-refractivity contribution in [3.8, 4) is 0 Å². The van der Waals surface area contributed by atoms with E-state index in [1.54, 1.807) is 31.2 Å². The molecule has 0 spiro atoms. The van der Waals surface area contributed by atoms with Crippen molar-refractivity contribution in [1.29, 1.82) is 0 Å². The Hall–Kier alpha value is -4.00. The number of carbonyl (C=O) groups excluding carboxylic acids is 2. The molecular formula is C24H24N4O3. The van der Waals surface area contributed by atoms with Crippen molar-refractivity contribution in [2.45, 2.75) is 19.4 Å². The molecule has 158 valence electrons. The SMILES string of the molecule is CCOC(=O)N[C@H](CC(=O)Nc1ccc(N=Nc2ccccc2)cc1)c1ccccc1. The van der Waals surface area contributed by atoms with E-state index >= 15 is 0 Å². The van der Waals surface area contributed by atoms with Crippen molar-refractivity contribution >= 4 is 29.1 Å². The molecule has 0 aromatic heterocycles. The number of alkyl carbamates (subject to hydrolysis) is 1. The zero-order chi connectivity index (χ0) is 21.9. The fraction of sp³-hybridized carbons (Fsp3) is 0.167. The van der Waals surface area contributed by atoms with E-state index in [1.165, 1.54) is 0 Å². The van der Waals surface area contributed by atoms with E-state index in [4.69, 9.17) is 4.74 Å². The molecule has 0 aliphatic heterocycles. The first-order valence-corrected chi connectivity index (χ1v) is 9.99. The van der Waals surface area contributed by atoms with Gasteiger partial charge in [0.05, 0.1) is 30.4 Å². The van der Waals surface area contributed by atoms with Crippen LogP contribution in [0.4, 0.5) is 21.9 Å². The van der Waals surface area contributed by atoms with Crippen LogP contribution in [0.1, 0.15) is 24.9 Å². The first kappa shape index (κ1) is 21.7. The average molecular weight is 416 g/mol. The van der Waals surface area contributed by atoms with Crippen molar-refractivity contribution in [2.24, 2.45) is 10.2 Å². The van der Waals surface area contributed by atoms with Crippen LogP contribution in [0.15, 0.2) is 95.2 Å². The van der Waals surface area contributed by atoms with Crippen molar-refractivity contribution in [3.63, 3.8) is 0 Å². The third kappa shape index (κ3) is 7.08. The summed E-state index contributed by atoms with van der Waals surface area (Å²) in [5.74, 6) is -0.232. The van der Waals surface area contributed by atoms with E-state index in [0.29, 0.717) is 11.4 Å². The lowest BCUT2D eigenvalue weighted by Crippen LogP contribution is -2.32. The summed E-state index contributed by atoms with van der Waals surface area (Å²) in [7, 11) is 0. The van der Waals surface area contributed by atoms with Crippen LogP contribution in [0.3, 0.4) is 0 Å². The molecule has 7 nitrogen and oxygen atoms in total. The molecule has 0 unspecified atom stereocenters. The second kappa shape index (κ2) is 11.3. The summed E-state index contributed by atoms with van der Waals surface area (Å²) in [4.78, 5) is 24.5. The Labute approximate surface area is 181 Å². The molecule has 2 amide bonds. The fourth-order valence-electron chi connectivity index (χ4n) is 2.87. The number of carbonyl (C=O) groups is 2. The lowest BCUT2D eigenvalue weighted by atomic mass is 10.0. The number of amides is 2. The Balaban J connectivity index is 1.61. The highest BCUT2D eigenvalue weighted by Crippen LogP contribution is 2.21. The Morgan fingerprint density at radius 3 is 2.03 bits per heavy atom. The standard InChI is InChI=1S/C24H24N4O3/c1-2-31-24(30)26-22(18-9-5-3-6-10-18)17-23(29)25-19-13-15-21(16-14-19)28-27-20-11-7-4-8-12-20/h3-16,22H,2,17H2,1H3,(H,25,29)(H,26,30)/t22-/m1/s1. The molecule has 0 bridgehead atoms. The van der Waals surface area contributed by atoms with Crippen LogP contribution in [0, 0.1) is 0 Å². The summed E-state index contributed by atoms with van der Waals surface area (Å²) >= 11 is 0. The second-order valence-corrected chi connectivity index (χ2v) is 6.66. The quantitative estimate of drug-likeness (QED) is 0.447.